The molecule has 134 valence electrons. The van der Waals surface area contributed by atoms with Crippen molar-refractivity contribution in [3.05, 3.63) is 42.7 Å². The van der Waals surface area contributed by atoms with Crippen LogP contribution in [0.4, 0.5) is 5.13 Å². The van der Waals surface area contributed by atoms with Gasteiger partial charge in [-0.1, -0.05) is 35.2 Å². The number of nitrogens with one attached hydrogen (secondary N) is 1. The van der Waals surface area contributed by atoms with Gasteiger partial charge < -0.3 is 10.2 Å². The zero-order chi connectivity index (χ0) is 17.8. The molecule has 1 saturated heterocycles. The lowest BCUT2D eigenvalue weighted by atomic mass is 10.1. The Morgan fingerprint density at radius 2 is 2.12 bits per heavy atom. The number of hydrogen-bond donors (Lipinski definition) is 1. The Bertz CT molecular complexity index is 852. The number of fused-ring (bicyclic) bond motifs is 1. The number of piperidine rings is 1. The van der Waals surface area contributed by atoms with Crippen LogP contribution >= 0.6 is 23.1 Å². The highest BCUT2D eigenvalue weighted by Gasteiger charge is 2.23. The highest BCUT2D eigenvalue weighted by Crippen LogP contribution is 2.30. The van der Waals surface area contributed by atoms with Crippen molar-refractivity contribution < 1.29 is 4.79 Å². The summed E-state index contributed by atoms with van der Waals surface area (Å²) in [4.78, 5) is 27.5. The molecule has 1 N–H and O–H groups in total. The maximum Gasteiger partial charge on any atom is 0.230 e. The van der Waals surface area contributed by atoms with E-state index in [0.29, 0.717) is 10.9 Å². The van der Waals surface area contributed by atoms with Crippen LogP contribution in [0.25, 0.3) is 10.2 Å². The molecule has 1 aliphatic rings. The predicted octanol–water partition coefficient (Wildman–Crippen LogP) is 2.96. The minimum Gasteiger partial charge on any atom is -0.351 e. The normalized spacial score (nSPS) is 17.4. The SMILES string of the molecule is O=C(CSc1ncccn1)N[C@@H]1CCCN(c2nc3ccccc3s2)C1. The summed E-state index contributed by atoms with van der Waals surface area (Å²) in [7, 11) is 0. The molecule has 1 atom stereocenters. The highest BCUT2D eigenvalue weighted by molar-refractivity contribution is 7.99. The molecule has 0 bridgehead atoms. The van der Waals surface area contributed by atoms with Gasteiger partial charge in [0.25, 0.3) is 0 Å². The second-order valence-corrected chi connectivity index (χ2v) is 8.09. The van der Waals surface area contributed by atoms with Crippen LogP contribution in [0.1, 0.15) is 12.8 Å². The molecule has 3 heterocycles. The van der Waals surface area contributed by atoms with E-state index < -0.39 is 0 Å². The Hall–Kier alpha value is -2.19. The van der Waals surface area contributed by atoms with E-state index in [2.05, 4.69) is 26.3 Å². The minimum atomic E-state index is 0.0265. The monoisotopic (exact) mass is 385 g/mol. The van der Waals surface area contributed by atoms with Crippen molar-refractivity contribution in [2.75, 3.05) is 23.7 Å². The quantitative estimate of drug-likeness (QED) is 0.538. The van der Waals surface area contributed by atoms with E-state index >= 15 is 0 Å². The first-order chi connectivity index (χ1) is 12.8. The Morgan fingerprint density at radius 1 is 1.27 bits per heavy atom. The predicted molar refractivity (Wildman–Crippen MR) is 106 cm³/mol. The maximum atomic E-state index is 12.2. The van der Waals surface area contributed by atoms with Gasteiger partial charge in [-0.05, 0) is 31.0 Å². The van der Waals surface area contributed by atoms with Gasteiger partial charge in [-0.15, -0.1) is 0 Å². The summed E-state index contributed by atoms with van der Waals surface area (Å²) in [5.41, 5.74) is 1.04. The van der Waals surface area contributed by atoms with E-state index in [1.54, 1.807) is 29.8 Å². The first-order valence-corrected chi connectivity index (χ1v) is 10.4. The smallest absolute Gasteiger partial charge is 0.230 e. The summed E-state index contributed by atoms with van der Waals surface area (Å²) >= 11 is 3.07. The molecular formula is C18H19N5OS2. The molecule has 1 fully saturated rings. The molecule has 3 aromatic rings. The molecular weight excluding hydrogens is 366 g/mol. The first-order valence-electron chi connectivity index (χ1n) is 8.57. The molecule has 1 aromatic carbocycles. The van der Waals surface area contributed by atoms with E-state index in [1.165, 1.54) is 16.5 Å². The number of thioether (sulfide) groups is 1. The number of rotatable bonds is 5. The fraction of sp³-hybridized carbons (Fsp3) is 0.333. The molecule has 1 amide bonds. The molecule has 2 aromatic heterocycles. The number of hydrogen-bond acceptors (Lipinski definition) is 7. The number of para-hydroxylation sites is 1. The van der Waals surface area contributed by atoms with E-state index in [9.17, 15) is 4.79 Å². The highest BCUT2D eigenvalue weighted by atomic mass is 32.2. The Balaban J connectivity index is 1.33. The average molecular weight is 386 g/mol. The van der Waals surface area contributed by atoms with Crippen LogP contribution in [-0.4, -0.2) is 45.7 Å². The molecule has 0 spiro atoms. The molecule has 1 aliphatic heterocycles. The lowest BCUT2D eigenvalue weighted by Gasteiger charge is -2.32. The van der Waals surface area contributed by atoms with Gasteiger partial charge in [0.15, 0.2) is 10.3 Å². The molecule has 0 radical (unpaired) electrons. The van der Waals surface area contributed by atoms with Crippen molar-refractivity contribution >= 4 is 44.4 Å². The Morgan fingerprint density at radius 3 is 2.96 bits per heavy atom. The van der Waals surface area contributed by atoms with Crippen molar-refractivity contribution in [3.8, 4) is 0 Å². The van der Waals surface area contributed by atoms with E-state index in [4.69, 9.17) is 4.98 Å². The second kappa shape index (κ2) is 8.01. The van der Waals surface area contributed by atoms with Crippen molar-refractivity contribution in [2.45, 2.75) is 24.0 Å². The average Bonchev–Trinajstić information content (AvgIpc) is 3.12. The van der Waals surface area contributed by atoms with E-state index in [0.717, 1.165) is 36.6 Å². The summed E-state index contributed by atoms with van der Waals surface area (Å²) in [6.45, 7) is 1.79. The van der Waals surface area contributed by atoms with Gasteiger partial charge in [-0.25, -0.2) is 15.0 Å². The lowest BCUT2D eigenvalue weighted by molar-refractivity contribution is -0.119. The van der Waals surface area contributed by atoms with Crippen molar-refractivity contribution in [2.24, 2.45) is 0 Å². The van der Waals surface area contributed by atoms with Crippen LogP contribution in [0.2, 0.25) is 0 Å². The number of benzene rings is 1. The maximum absolute atomic E-state index is 12.2. The largest absolute Gasteiger partial charge is 0.351 e. The van der Waals surface area contributed by atoms with E-state index in [-0.39, 0.29) is 11.9 Å². The van der Waals surface area contributed by atoms with Crippen LogP contribution in [0.15, 0.2) is 47.9 Å². The molecule has 0 saturated carbocycles. The third-order valence-corrected chi connectivity index (χ3v) is 6.19. The number of anilines is 1. The Labute approximate surface area is 160 Å². The fourth-order valence-corrected chi connectivity index (χ4v) is 4.64. The molecule has 8 heteroatoms. The summed E-state index contributed by atoms with van der Waals surface area (Å²) in [6.07, 6.45) is 5.42. The molecule has 4 rings (SSSR count). The van der Waals surface area contributed by atoms with Crippen LogP contribution in [0.3, 0.4) is 0 Å². The number of carbonyl (C=O) groups is 1. The number of carbonyl (C=O) groups excluding carboxylic acids is 1. The van der Waals surface area contributed by atoms with Gasteiger partial charge >= 0.3 is 0 Å². The molecule has 0 aliphatic carbocycles. The molecule has 26 heavy (non-hydrogen) atoms. The third-order valence-electron chi connectivity index (χ3n) is 4.21. The van der Waals surface area contributed by atoms with Gasteiger partial charge in [-0.2, -0.15) is 0 Å². The number of amides is 1. The zero-order valence-corrected chi connectivity index (χ0v) is 15.8. The minimum absolute atomic E-state index is 0.0265. The van der Waals surface area contributed by atoms with Crippen LogP contribution in [0, 0.1) is 0 Å². The first kappa shape index (κ1) is 17.2. The van der Waals surface area contributed by atoms with Gasteiger partial charge in [0.05, 0.1) is 16.0 Å². The van der Waals surface area contributed by atoms with E-state index in [1.807, 2.05) is 18.2 Å². The van der Waals surface area contributed by atoms with Crippen molar-refractivity contribution in [3.63, 3.8) is 0 Å². The van der Waals surface area contributed by atoms with Crippen LogP contribution < -0.4 is 10.2 Å². The Kier molecular flexibility index (Phi) is 5.31. The summed E-state index contributed by atoms with van der Waals surface area (Å²) in [6, 6.07) is 10.1. The lowest BCUT2D eigenvalue weighted by Crippen LogP contribution is -2.48. The number of thiazole rings is 1. The van der Waals surface area contributed by atoms with Crippen LogP contribution in [0.5, 0.6) is 0 Å². The van der Waals surface area contributed by atoms with Gasteiger partial charge in [0.1, 0.15) is 0 Å². The number of nitrogens with zero attached hydrogens (tertiary/aromatic N) is 4. The van der Waals surface area contributed by atoms with Crippen LogP contribution in [-0.2, 0) is 4.79 Å². The molecule has 0 unspecified atom stereocenters. The van der Waals surface area contributed by atoms with Gasteiger partial charge in [0.2, 0.25) is 5.91 Å². The van der Waals surface area contributed by atoms with Crippen molar-refractivity contribution in [1.82, 2.24) is 20.3 Å². The second-order valence-electron chi connectivity index (χ2n) is 6.14. The topological polar surface area (TPSA) is 71.0 Å². The fourth-order valence-electron chi connectivity index (χ4n) is 3.02. The van der Waals surface area contributed by atoms with Gasteiger partial charge in [0, 0.05) is 31.5 Å². The summed E-state index contributed by atoms with van der Waals surface area (Å²) < 4.78 is 1.20. The third kappa shape index (κ3) is 4.13. The number of aromatic nitrogens is 3. The standard InChI is InChI=1S/C18H19N5OS2/c24-16(12-25-17-19-8-4-9-20-17)21-13-5-3-10-23(11-13)18-22-14-6-1-2-7-15(14)26-18/h1-2,4,6-9,13H,3,5,10-12H2,(H,21,24)/t13-/m1/s1. The van der Waals surface area contributed by atoms with Gasteiger partial charge in [-0.3, -0.25) is 4.79 Å². The zero-order valence-electron chi connectivity index (χ0n) is 14.2. The molecule has 6 nitrogen and oxygen atoms in total. The van der Waals surface area contributed by atoms with Crippen molar-refractivity contribution in [1.29, 1.82) is 0 Å². The summed E-state index contributed by atoms with van der Waals surface area (Å²) in [5.74, 6) is 0.361. The summed E-state index contributed by atoms with van der Waals surface area (Å²) in [5, 5.41) is 4.81.